The zero-order valence-electron chi connectivity index (χ0n) is 12.3. The topological polar surface area (TPSA) is 0 Å². The van der Waals surface area contributed by atoms with E-state index in [4.69, 9.17) is 0 Å². The van der Waals surface area contributed by atoms with Crippen LogP contribution in [0.5, 0.6) is 0 Å². The van der Waals surface area contributed by atoms with Gasteiger partial charge in [-0.15, -0.1) is 5.54 Å². The van der Waals surface area contributed by atoms with Crippen LogP contribution in [0.4, 0.5) is 0 Å². The van der Waals surface area contributed by atoms with Gasteiger partial charge in [-0.3, -0.25) is 0 Å². The molecule has 2 aromatic carbocycles. The summed E-state index contributed by atoms with van der Waals surface area (Å²) in [6.45, 7) is 6.76. The van der Waals surface area contributed by atoms with Crippen molar-refractivity contribution in [3.8, 4) is 11.5 Å². The predicted octanol–water partition coefficient (Wildman–Crippen LogP) is 4.78. The smallest absolute Gasteiger partial charge is 0.127 e. The summed E-state index contributed by atoms with van der Waals surface area (Å²) in [7, 11) is -1.30. The van der Waals surface area contributed by atoms with Crippen molar-refractivity contribution in [1.82, 2.24) is 0 Å². The molecule has 0 saturated heterocycles. The lowest BCUT2D eigenvalue weighted by atomic mass is 10.1. The summed E-state index contributed by atoms with van der Waals surface area (Å²) in [5.74, 6) is 3.26. The highest BCUT2D eigenvalue weighted by Crippen LogP contribution is 2.07. The Morgan fingerprint density at radius 1 is 0.800 bits per heavy atom. The molecule has 0 aromatic heterocycles. The van der Waals surface area contributed by atoms with E-state index in [-0.39, 0.29) is 0 Å². The summed E-state index contributed by atoms with van der Waals surface area (Å²) in [5.41, 5.74) is 6.70. The van der Waals surface area contributed by atoms with Crippen molar-refractivity contribution in [2.75, 3.05) is 0 Å². The largest absolute Gasteiger partial charge is 0.129 e. The van der Waals surface area contributed by atoms with Gasteiger partial charge in [0, 0.05) is 5.56 Å². The van der Waals surface area contributed by atoms with Crippen LogP contribution in [0.2, 0.25) is 19.6 Å². The molecule has 99 valence electrons. The first-order chi connectivity index (χ1) is 9.53. The van der Waals surface area contributed by atoms with Gasteiger partial charge in [-0.25, -0.2) is 0 Å². The molecule has 0 aliphatic carbocycles. The highest BCUT2D eigenvalue weighted by atomic mass is 28.3. The summed E-state index contributed by atoms with van der Waals surface area (Å²) in [4.78, 5) is 0. The average molecular weight is 275 g/mol. The predicted molar refractivity (Wildman–Crippen MR) is 89.9 cm³/mol. The molecule has 0 N–H and O–H groups in total. The summed E-state index contributed by atoms with van der Waals surface area (Å²) < 4.78 is 0. The number of rotatable bonds is 2. The molecule has 0 atom stereocenters. The molecule has 0 fully saturated rings. The van der Waals surface area contributed by atoms with Gasteiger partial charge in [-0.2, -0.15) is 0 Å². The zero-order chi connectivity index (χ0) is 14.4. The molecule has 0 nitrogen and oxygen atoms in total. The first-order valence-electron chi connectivity index (χ1n) is 6.81. The van der Waals surface area contributed by atoms with E-state index in [0.717, 1.165) is 16.7 Å². The quantitative estimate of drug-likeness (QED) is 0.420. The summed E-state index contributed by atoms with van der Waals surface area (Å²) in [6.07, 6.45) is 5.30. The van der Waals surface area contributed by atoms with Gasteiger partial charge in [0.2, 0.25) is 0 Å². The van der Waals surface area contributed by atoms with Crippen LogP contribution in [0.15, 0.2) is 54.6 Å². The van der Waals surface area contributed by atoms with E-state index < -0.39 is 8.07 Å². The number of hydrogen-bond acceptors (Lipinski definition) is 0. The normalized spacial score (nSPS) is 11.2. The molecular weight excluding hydrogens is 256 g/mol. The van der Waals surface area contributed by atoms with E-state index in [9.17, 15) is 0 Å². The minimum absolute atomic E-state index is 1.08. The van der Waals surface area contributed by atoms with Crippen LogP contribution < -0.4 is 0 Å². The lowest BCUT2D eigenvalue weighted by Gasteiger charge is -2.03. The van der Waals surface area contributed by atoms with Crippen LogP contribution in [0.3, 0.4) is 0 Å². The second-order valence-corrected chi connectivity index (χ2v) is 10.5. The summed E-state index contributed by atoms with van der Waals surface area (Å²) >= 11 is 0. The van der Waals surface area contributed by atoms with Gasteiger partial charge < -0.3 is 0 Å². The van der Waals surface area contributed by atoms with Crippen molar-refractivity contribution < 1.29 is 0 Å². The Balaban J connectivity index is 2.09. The Bertz CT molecular complexity index is 632. The summed E-state index contributed by atoms with van der Waals surface area (Å²) in [5, 5.41) is 0. The minimum atomic E-state index is -1.30. The molecule has 0 heterocycles. The van der Waals surface area contributed by atoms with Crippen LogP contribution in [0, 0.1) is 17.5 Å². The van der Waals surface area contributed by atoms with E-state index in [0.29, 0.717) is 0 Å². The highest BCUT2D eigenvalue weighted by Gasteiger charge is 2.07. The molecule has 20 heavy (non-hydrogen) atoms. The van der Waals surface area contributed by atoms with Gasteiger partial charge in [-0.05, 0) is 35.4 Å². The third kappa shape index (κ3) is 4.91. The van der Waals surface area contributed by atoms with Crippen molar-refractivity contribution in [2.45, 2.75) is 19.6 Å². The maximum Gasteiger partial charge on any atom is 0.129 e. The van der Waals surface area contributed by atoms with E-state index >= 15 is 0 Å². The van der Waals surface area contributed by atoms with Gasteiger partial charge in [0.05, 0.1) is 0 Å². The highest BCUT2D eigenvalue weighted by molar-refractivity contribution is 6.83. The van der Waals surface area contributed by atoms with Crippen LogP contribution in [-0.2, 0) is 0 Å². The average Bonchev–Trinajstić information content (AvgIpc) is 2.44. The fourth-order valence-corrected chi connectivity index (χ4v) is 2.14. The lowest BCUT2D eigenvalue weighted by Crippen LogP contribution is -2.16. The Morgan fingerprint density at radius 2 is 1.40 bits per heavy atom. The lowest BCUT2D eigenvalue weighted by molar-refractivity contribution is 1.55. The van der Waals surface area contributed by atoms with Crippen LogP contribution in [0.25, 0.3) is 6.08 Å². The minimum Gasteiger partial charge on any atom is -0.127 e. The molecule has 1 heteroatoms. The van der Waals surface area contributed by atoms with E-state index in [1.165, 1.54) is 0 Å². The number of benzene rings is 2. The molecule has 1 radical (unpaired) electrons. The zero-order valence-corrected chi connectivity index (χ0v) is 13.3. The Labute approximate surface area is 123 Å². The van der Waals surface area contributed by atoms with Crippen molar-refractivity contribution in [3.05, 3.63) is 77.4 Å². The fourth-order valence-electron chi connectivity index (χ4n) is 1.63. The Hall–Kier alpha value is -2.04. The van der Waals surface area contributed by atoms with E-state index in [1.807, 2.05) is 24.3 Å². The SMILES string of the molecule is C[Si](C)(C)C#Cc1ccc([C]=Cc2ccccc2)cc1. The molecule has 2 aromatic rings. The van der Waals surface area contributed by atoms with Crippen LogP contribution >= 0.6 is 0 Å². The first kappa shape index (κ1) is 14.4. The molecule has 0 aliphatic rings. The van der Waals surface area contributed by atoms with Crippen molar-refractivity contribution >= 4 is 14.1 Å². The van der Waals surface area contributed by atoms with Gasteiger partial charge in [0.1, 0.15) is 8.07 Å². The molecular formula is C19H19Si. The van der Waals surface area contributed by atoms with E-state index in [2.05, 4.69) is 73.6 Å². The van der Waals surface area contributed by atoms with Gasteiger partial charge in [0.25, 0.3) is 0 Å². The molecule has 0 aliphatic heterocycles. The van der Waals surface area contributed by atoms with Gasteiger partial charge in [-0.1, -0.05) is 68.0 Å². The standard InChI is InChI=1S/C19H19Si/c1-20(2,3)16-15-19-13-11-18(12-14-19)10-9-17-7-5-4-6-8-17/h4-9,11-14H,1-3H3. The maximum atomic E-state index is 3.38. The third-order valence-electron chi connectivity index (χ3n) is 2.67. The third-order valence-corrected chi connectivity index (χ3v) is 3.55. The second kappa shape index (κ2) is 6.41. The second-order valence-electron chi connectivity index (χ2n) is 5.78. The van der Waals surface area contributed by atoms with Crippen molar-refractivity contribution in [3.63, 3.8) is 0 Å². The van der Waals surface area contributed by atoms with Gasteiger partial charge in [0.15, 0.2) is 0 Å². The van der Waals surface area contributed by atoms with E-state index in [1.54, 1.807) is 0 Å². The molecule has 0 amide bonds. The first-order valence-corrected chi connectivity index (χ1v) is 10.3. The van der Waals surface area contributed by atoms with Crippen molar-refractivity contribution in [2.24, 2.45) is 0 Å². The van der Waals surface area contributed by atoms with Gasteiger partial charge >= 0.3 is 0 Å². The Kier molecular flexibility index (Phi) is 4.60. The molecule has 0 unspecified atom stereocenters. The fraction of sp³-hybridized carbons (Fsp3) is 0.158. The number of hydrogen-bond donors (Lipinski definition) is 0. The van der Waals surface area contributed by atoms with Crippen molar-refractivity contribution in [1.29, 1.82) is 0 Å². The van der Waals surface area contributed by atoms with Crippen LogP contribution in [0.1, 0.15) is 16.7 Å². The Morgan fingerprint density at radius 3 is 2.00 bits per heavy atom. The molecule has 2 rings (SSSR count). The van der Waals surface area contributed by atoms with Crippen LogP contribution in [-0.4, -0.2) is 8.07 Å². The maximum absolute atomic E-state index is 3.38. The summed E-state index contributed by atoms with van der Waals surface area (Å²) in [6, 6.07) is 18.5. The molecule has 0 spiro atoms. The molecule has 0 saturated carbocycles. The molecule has 0 bridgehead atoms. The monoisotopic (exact) mass is 275 g/mol.